The highest BCUT2D eigenvalue weighted by Gasteiger charge is 2.34. The van der Waals surface area contributed by atoms with Crippen molar-refractivity contribution in [2.45, 2.75) is 19.0 Å². The van der Waals surface area contributed by atoms with E-state index < -0.39 is 6.04 Å². The van der Waals surface area contributed by atoms with E-state index in [-0.39, 0.29) is 5.56 Å². The maximum atomic E-state index is 13.5. The van der Waals surface area contributed by atoms with Crippen LogP contribution in [0.1, 0.15) is 28.6 Å². The number of nitrogens with one attached hydrogen (secondary N) is 1. The summed E-state index contributed by atoms with van der Waals surface area (Å²) in [7, 11) is 1.61. The first-order chi connectivity index (χ1) is 17.2. The highest BCUT2D eigenvalue weighted by molar-refractivity contribution is 5.81. The van der Waals surface area contributed by atoms with Crippen LogP contribution in [0, 0.1) is 0 Å². The van der Waals surface area contributed by atoms with Crippen molar-refractivity contribution < 1.29 is 4.74 Å². The monoisotopic (exact) mass is 464 g/mol. The van der Waals surface area contributed by atoms with Crippen LogP contribution >= 0.6 is 0 Å². The average Bonchev–Trinajstić information content (AvgIpc) is 3.52. The van der Waals surface area contributed by atoms with E-state index in [0.29, 0.717) is 23.7 Å². The van der Waals surface area contributed by atoms with Crippen molar-refractivity contribution in [3.8, 4) is 5.75 Å². The third kappa shape index (κ3) is 3.82. The lowest BCUT2D eigenvalue weighted by atomic mass is 10.0. The fourth-order valence-electron chi connectivity index (χ4n) is 4.88. The van der Waals surface area contributed by atoms with Gasteiger partial charge in [0.25, 0.3) is 5.56 Å². The Balaban J connectivity index is 1.52. The fourth-order valence-corrected chi connectivity index (χ4v) is 4.88. The Kier molecular flexibility index (Phi) is 5.25. The lowest BCUT2D eigenvalue weighted by Gasteiger charge is -2.29. The summed E-state index contributed by atoms with van der Waals surface area (Å²) in [6.45, 7) is 1.28. The number of para-hydroxylation sites is 1. The van der Waals surface area contributed by atoms with Crippen LogP contribution in [0.4, 0.5) is 5.69 Å². The number of hydrogen-bond acceptors (Lipinski definition) is 6. The molecule has 2 aromatic heterocycles. The van der Waals surface area contributed by atoms with Crippen LogP contribution in [0.5, 0.6) is 5.75 Å². The van der Waals surface area contributed by atoms with E-state index in [4.69, 9.17) is 4.74 Å². The molecule has 0 fully saturated rings. The van der Waals surface area contributed by atoms with Crippen LogP contribution in [-0.2, 0) is 13.0 Å². The van der Waals surface area contributed by atoms with Crippen molar-refractivity contribution in [3.05, 3.63) is 112 Å². The number of methoxy groups -OCH3 is 1. The van der Waals surface area contributed by atoms with Gasteiger partial charge in [-0.25, -0.2) is 4.68 Å². The second kappa shape index (κ2) is 8.72. The van der Waals surface area contributed by atoms with Gasteiger partial charge < -0.3 is 14.6 Å². The number of fused-ring (bicyclic) bond motifs is 2. The van der Waals surface area contributed by atoms with Gasteiger partial charge in [-0.15, -0.1) is 5.10 Å². The lowest BCUT2D eigenvalue weighted by molar-refractivity contribution is 0.415. The molecule has 0 amide bonds. The first kappa shape index (κ1) is 21.1. The molecule has 1 aliphatic heterocycles. The molecule has 0 saturated heterocycles. The number of nitrogens with zero attached hydrogens (tertiary/aromatic N) is 5. The molecule has 1 aliphatic rings. The summed E-state index contributed by atoms with van der Waals surface area (Å²) in [6, 6.07) is 25.5. The first-order valence-corrected chi connectivity index (χ1v) is 11.6. The van der Waals surface area contributed by atoms with Crippen LogP contribution in [0.15, 0.2) is 83.7 Å². The minimum Gasteiger partial charge on any atom is -0.497 e. The molecule has 3 heterocycles. The van der Waals surface area contributed by atoms with Gasteiger partial charge in [-0.1, -0.05) is 48.5 Å². The number of tetrazole rings is 1. The molecule has 8 nitrogen and oxygen atoms in total. The fraction of sp³-hybridized carbons (Fsp3) is 0.185. The van der Waals surface area contributed by atoms with Crippen LogP contribution in [0.25, 0.3) is 10.9 Å². The average molecular weight is 465 g/mol. The van der Waals surface area contributed by atoms with Gasteiger partial charge in [-0.3, -0.25) is 4.79 Å². The van der Waals surface area contributed by atoms with E-state index in [1.54, 1.807) is 11.8 Å². The van der Waals surface area contributed by atoms with Crippen molar-refractivity contribution in [3.63, 3.8) is 0 Å². The zero-order valence-corrected chi connectivity index (χ0v) is 19.3. The number of anilines is 1. The molecule has 8 heteroatoms. The van der Waals surface area contributed by atoms with Gasteiger partial charge >= 0.3 is 0 Å². The lowest BCUT2D eigenvalue weighted by Crippen LogP contribution is -2.34. The molecule has 0 bridgehead atoms. The molecule has 6 rings (SSSR count). The molecule has 35 heavy (non-hydrogen) atoms. The number of pyridine rings is 1. The molecular formula is C27H24N6O2. The van der Waals surface area contributed by atoms with Crippen molar-refractivity contribution in [1.29, 1.82) is 0 Å². The Bertz CT molecular complexity index is 1560. The number of H-pyrrole nitrogens is 1. The van der Waals surface area contributed by atoms with Crippen LogP contribution < -0.4 is 15.2 Å². The summed E-state index contributed by atoms with van der Waals surface area (Å²) < 4.78 is 7.12. The standard InChI is InChI=1S/C27H24N6O2/c1-35-21-12-11-20-15-22(27(34)28-23(20)16-21)25(32-14-13-19-9-5-6-10-24(19)32)26-29-30-31-33(26)17-18-7-3-2-4-8-18/h2-12,15-16,25H,13-14,17H2,1H3,(H,28,34)/t25-/m0/s1. The van der Waals surface area contributed by atoms with Gasteiger partial charge in [-0.2, -0.15) is 0 Å². The molecule has 174 valence electrons. The van der Waals surface area contributed by atoms with E-state index in [1.165, 1.54) is 5.56 Å². The summed E-state index contributed by atoms with van der Waals surface area (Å²) in [5.41, 5.74) is 4.59. The molecule has 3 aromatic carbocycles. The Hall–Kier alpha value is -4.46. The predicted molar refractivity (Wildman–Crippen MR) is 134 cm³/mol. The Morgan fingerprint density at radius 3 is 2.71 bits per heavy atom. The third-order valence-corrected chi connectivity index (χ3v) is 6.59. The van der Waals surface area contributed by atoms with Crippen LogP contribution in [-0.4, -0.2) is 38.8 Å². The first-order valence-electron chi connectivity index (χ1n) is 11.6. The van der Waals surface area contributed by atoms with Crippen LogP contribution in [0.2, 0.25) is 0 Å². The normalized spacial score (nSPS) is 13.7. The minimum atomic E-state index is -0.451. The van der Waals surface area contributed by atoms with Crippen molar-refractivity contribution in [2.75, 3.05) is 18.6 Å². The van der Waals surface area contributed by atoms with E-state index in [9.17, 15) is 4.79 Å². The van der Waals surface area contributed by atoms with E-state index in [0.717, 1.165) is 35.1 Å². The largest absolute Gasteiger partial charge is 0.497 e. The second-order valence-electron chi connectivity index (χ2n) is 8.66. The summed E-state index contributed by atoms with van der Waals surface area (Å²) in [4.78, 5) is 18.8. The van der Waals surface area contributed by atoms with Gasteiger partial charge in [0, 0.05) is 23.9 Å². The van der Waals surface area contributed by atoms with Crippen LogP contribution in [0.3, 0.4) is 0 Å². The zero-order valence-electron chi connectivity index (χ0n) is 19.3. The van der Waals surface area contributed by atoms with Gasteiger partial charge in [0.15, 0.2) is 5.82 Å². The number of aromatic nitrogens is 5. The van der Waals surface area contributed by atoms with E-state index >= 15 is 0 Å². The molecular weight excluding hydrogens is 440 g/mol. The predicted octanol–water partition coefficient (Wildman–Crippen LogP) is 3.72. The molecule has 0 spiro atoms. The number of hydrogen-bond donors (Lipinski definition) is 1. The quantitative estimate of drug-likeness (QED) is 0.412. The van der Waals surface area contributed by atoms with E-state index in [2.05, 4.69) is 37.5 Å². The summed E-state index contributed by atoms with van der Waals surface area (Å²) in [5.74, 6) is 1.32. The van der Waals surface area contributed by atoms with Gasteiger partial charge in [0.05, 0.1) is 19.2 Å². The SMILES string of the molecule is COc1ccc2cc([C@@H](c3nnnn3Cc3ccccc3)N3CCc4ccccc43)c(=O)[nH]c2c1. The maximum absolute atomic E-state index is 13.5. The van der Waals surface area contributed by atoms with Crippen molar-refractivity contribution in [1.82, 2.24) is 25.2 Å². The Morgan fingerprint density at radius 1 is 1.03 bits per heavy atom. The number of rotatable bonds is 6. The second-order valence-corrected chi connectivity index (χ2v) is 8.66. The van der Waals surface area contributed by atoms with Gasteiger partial charge in [0.1, 0.15) is 11.8 Å². The van der Waals surface area contributed by atoms with Crippen molar-refractivity contribution >= 4 is 16.6 Å². The minimum absolute atomic E-state index is 0.172. The third-order valence-electron chi connectivity index (χ3n) is 6.59. The number of ether oxygens (including phenoxy) is 1. The molecule has 1 N–H and O–H groups in total. The zero-order chi connectivity index (χ0) is 23.8. The van der Waals surface area contributed by atoms with Gasteiger partial charge in [-0.05, 0) is 57.6 Å². The van der Waals surface area contributed by atoms with Crippen molar-refractivity contribution in [2.24, 2.45) is 0 Å². The smallest absolute Gasteiger partial charge is 0.254 e. The van der Waals surface area contributed by atoms with Gasteiger partial charge in [0.2, 0.25) is 0 Å². The molecule has 0 saturated carbocycles. The number of benzene rings is 3. The molecule has 1 atom stereocenters. The molecule has 0 unspecified atom stereocenters. The highest BCUT2D eigenvalue weighted by Crippen LogP contribution is 2.37. The Labute approximate surface area is 201 Å². The van der Waals surface area contributed by atoms with E-state index in [1.807, 2.05) is 66.7 Å². The summed E-state index contributed by atoms with van der Waals surface area (Å²) in [5, 5.41) is 13.7. The molecule has 0 radical (unpaired) electrons. The molecule has 5 aromatic rings. The highest BCUT2D eigenvalue weighted by atomic mass is 16.5. The summed E-state index contributed by atoms with van der Waals surface area (Å²) in [6.07, 6.45) is 0.898. The number of aromatic amines is 1. The summed E-state index contributed by atoms with van der Waals surface area (Å²) >= 11 is 0. The Morgan fingerprint density at radius 2 is 1.86 bits per heavy atom. The molecule has 0 aliphatic carbocycles. The maximum Gasteiger partial charge on any atom is 0.254 e. The topological polar surface area (TPSA) is 88.9 Å².